The van der Waals surface area contributed by atoms with Gasteiger partial charge in [0.1, 0.15) is 23.4 Å². The molecule has 2 N–H and O–H groups in total. The molecule has 3 aromatic rings. The summed E-state index contributed by atoms with van der Waals surface area (Å²) in [6.45, 7) is 1.82. The first-order chi connectivity index (χ1) is 18.0. The summed E-state index contributed by atoms with van der Waals surface area (Å²) in [4.78, 5) is 18.0. The summed E-state index contributed by atoms with van der Waals surface area (Å²) >= 11 is 12.9. The maximum absolute atomic E-state index is 14.7. The molecule has 1 amide bonds. The van der Waals surface area contributed by atoms with E-state index in [2.05, 4.69) is 25.7 Å². The number of amides is 1. The average molecular weight is 547 g/mol. The minimum Gasteiger partial charge on any atom is -0.373 e. The van der Waals surface area contributed by atoms with Crippen LogP contribution in [0.2, 0.25) is 10.0 Å². The lowest BCUT2D eigenvalue weighted by molar-refractivity contribution is 0.0246. The second kappa shape index (κ2) is 10.1. The molecule has 0 bridgehead atoms. The number of aromatic nitrogens is 1. The molecule has 1 unspecified atom stereocenters. The van der Waals surface area contributed by atoms with Gasteiger partial charge in [-0.1, -0.05) is 40.5 Å². The number of rotatable bonds is 7. The number of nitrogens with zero attached hydrogens (tertiary/aromatic N) is 2. The lowest BCUT2D eigenvalue weighted by Gasteiger charge is -2.33. The Morgan fingerprint density at radius 3 is 2.51 bits per heavy atom. The predicted octanol–water partition coefficient (Wildman–Crippen LogP) is 6.09. The number of benzene rings is 2. The van der Waals surface area contributed by atoms with Gasteiger partial charge in [-0.3, -0.25) is 5.32 Å². The first-order valence-corrected chi connectivity index (χ1v) is 13.0. The standard InChI is InChI=1S/C26H25Cl2FN4O4/c27-19-2-1-3-20(28)22(19)23-18(24(36-31-23)14-4-5-14)13-35-16-8-10-33(11-9-16)15-6-7-17(21(29)12-15)25-30-26(34)37-32-25/h1-3,6-7,12,14,16,25,32H,4-5,8-11,13H2,(H,30,34). The van der Waals surface area contributed by atoms with E-state index in [9.17, 15) is 9.18 Å². The summed E-state index contributed by atoms with van der Waals surface area (Å²) in [5.41, 5.74) is 5.80. The van der Waals surface area contributed by atoms with Crippen LogP contribution in [-0.4, -0.2) is 30.4 Å². The zero-order chi connectivity index (χ0) is 25.5. The Labute approximate surface area is 222 Å². The smallest absolute Gasteiger partial charge is 0.373 e. The highest BCUT2D eigenvalue weighted by Gasteiger charge is 2.34. The molecule has 1 aromatic heterocycles. The van der Waals surface area contributed by atoms with Crippen LogP contribution in [0.15, 0.2) is 40.9 Å². The summed E-state index contributed by atoms with van der Waals surface area (Å²) in [6.07, 6.45) is 2.45. The molecule has 0 radical (unpaired) electrons. The number of nitrogens with one attached hydrogen (secondary N) is 2. The van der Waals surface area contributed by atoms with Crippen molar-refractivity contribution in [2.75, 3.05) is 18.0 Å². The van der Waals surface area contributed by atoms with E-state index in [1.165, 1.54) is 6.07 Å². The number of hydrogen-bond acceptors (Lipinski definition) is 7. The molecule has 0 spiro atoms. The summed E-state index contributed by atoms with van der Waals surface area (Å²) in [6, 6.07) is 10.4. The lowest BCUT2D eigenvalue weighted by atomic mass is 10.0. The molecule has 3 heterocycles. The van der Waals surface area contributed by atoms with Crippen LogP contribution < -0.4 is 15.7 Å². The molecular weight excluding hydrogens is 522 g/mol. The van der Waals surface area contributed by atoms with Gasteiger partial charge in [-0.15, -0.1) is 5.48 Å². The van der Waals surface area contributed by atoms with Crippen LogP contribution in [0, 0.1) is 5.82 Å². The maximum Gasteiger partial charge on any atom is 0.427 e. The van der Waals surface area contributed by atoms with Gasteiger partial charge in [0.25, 0.3) is 0 Å². The molecule has 1 saturated carbocycles. The Morgan fingerprint density at radius 1 is 1.11 bits per heavy atom. The van der Waals surface area contributed by atoms with Crippen LogP contribution >= 0.6 is 23.2 Å². The highest BCUT2D eigenvalue weighted by Crippen LogP contribution is 2.46. The van der Waals surface area contributed by atoms with Gasteiger partial charge >= 0.3 is 6.09 Å². The minimum absolute atomic E-state index is 0.0481. The van der Waals surface area contributed by atoms with Gasteiger partial charge in [-0.25, -0.2) is 9.18 Å². The van der Waals surface area contributed by atoms with E-state index in [0.717, 1.165) is 55.8 Å². The van der Waals surface area contributed by atoms with E-state index >= 15 is 0 Å². The largest absolute Gasteiger partial charge is 0.427 e. The van der Waals surface area contributed by atoms with Gasteiger partial charge in [-0.05, 0) is 49.9 Å². The Kier molecular flexibility index (Phi) is 6.71. The van der Waals surface area contributed by atoms with E-state index in [-0.39, 0.29) is 6.10 Å². The highest BCUT2D eigenvalue weighted by molar-refractivity contribution is 6.39. The summed E-state index contributed by atoms with van der Waals surface area (Å²) in [5.74, 6) is 0.808. The van der Waals surface area contributed by atoms with Gasteiger partial charge in [0.05, 0.1) is 22.8 Å². The monoisotopic (exact) mass is 546 g/mol. The zero-order valence-corrected chi connectivity index (χ0v) is 21.3. The van der Waals surface area contributed by atoms with Gasteiger partial charge in [0.2, 0.25) is 0 Å². The van der Waals surface area contributed by atoms with Crippen LogP contribution in [0.25, 0.3) is 11.3 Å². The van der Waals surface area contributed by atoms with Gasteiger partial charge in [0.15, 0.2) is 0 Å². The van der Waals surface area contributed by atoms with E-state index in [1.807, 2.05) is 6.07 Å². The van der Waals surface area contributed by atoms with Gasteiger partial charge in [-0.2, -0.15) is 0 Å². The van der Waals surface area contributed by atoms with Crippen molar-refractivity contribution in [2.24, 2.45) is 0 Å². The normalized spacial score (nSPS) is 20.2. The third-order valence-corrected chi connectivity index (χ3v) is 7.69. The zero-order valence-electron chi connectivity index (χ0n) is 19.8. The molecule has 11 heteroatoms. The van der Waals surface area contributed by atoms with Crippen LogP contribution in [0.3, 0.4) is 0 Å². The number of hydroxylamine groups is 1. The fraction of sp³-hybridized carbons (Fsp3) is 0.385. The van der Waals surface area contributed by atoms with Crippen LogP contribution in [-0.2, 0) is 16.2 Å². The third-order valence-electron chi connectivity index (χ3n) is 7.06. The van der Waals surface area contributed by atoms with Crippen molar-refractivity contribution in [2.45, 2.75) is 50.5 Å². The Bertz CT molecular complexity index is 1300. The molecule has 2 aromatic carbocycles. The number of anilines is 1. The molecule has 2 aliphatic heterocycles. The van der Waals surface area contributed by atoms with Crippen molar-refractivity contribution < 1.29 is 23.3 Å². The van der Waals surface area contributed by atoms with Crippen molar-refractivity contribution in [1.29, 1.82) is 0 Å². The Balaban J connectivity index is 1.11. The molecular formula is C26H25Cl2FN4O4. The van der Waals surface area contributed by atoms with E-state index in [1.54, 1.807) is 24.3 Å². The topological polar surface area (TPSA) is 88.9 Å². The van der Waals surface area contributed by atoms with Crippen molar-refractivity contribution in [3.05, 3.63) is 69.1 Å². The third kappa shape index (κ3) is 5.01. The number of piperidine rings is 1. The SMILES string of the molecule is O=C1NC(c2ccc(N3CCC(OCc4c(-c5c(Cl)cccc5Cl)noc4C4CC4)CC3)cc2F)NO1. The molecule has 194 valence electrons. The number of hydrogen-bond donors (Lipinski definition) is 2. The van der Waals surface area contributed by atoms with E-state index < -0.39 is 18.1 Å². The molecule has 8 nitrogen and oxygen atoms in total. The number of ether oxygens (including phenoxy) is 1. The van der Waals surface area contributed by atoms with Crippen LogP contribution in [0.1, 0.15) is 54.7 Å². The quantitative estimate of drug-likeness (QED) is 0.370. The maximum atomic E-state index is 14.7. The fourth-order valence-electron chi connectivity index (χ4n) is 4.91. The van der Waals surface area contributed by atoms with Crippen LogP contribution in [0.4, 0.5) is 14.9 Å². The van der Waals surface area contributed by atoms with Crippen molar-refractivity contribution in [1.82, 2.24) is 16.0 Å². The summed E-state index contributed by atoms with van der Waals surface area (Å²) in [7, 11) is 0. The molecule has 3 fully saturated rings. The van der Waals surface area contributed by atoms with Crippen molar-refractivity contribution in [3.63, 3.8) is 0 Å². The van der Waals surface area contributed by atoms with Gasteiger partial charge in [0, 0.05) is 41.4 Å². The van der Waals surface area contributed by atoms with Crippen molar-refractivity contribution >= 4 is 35.0 Å². The first kappa shape index (κ1) is 24.5. The van der Waals surface area contributed by atoms with Crippen LogP contribution in [0.5, 0.6) is 0 Å². The lowest BCUT2D eigenvalue weighted by Crippen LogP contribution is -2.37. The van der Waals surface area contributed by atoms with E-state index in [0.29, 0.717) is 39.4 Å². The predicted molar refractivity (Wildman–Crippen MR) is 136 cm³/mol. The molecule has 1 aliphatic carbocycles. The fourth-order valence-corrected chi connectivity index (χ4v) is 5.48. The molecule has 6 rings (SSSR count). The summed E-state index contributed by atoms with van der Waals surface area (Å²) < 4.78 is 26.8. The van der Waals surface area contributed by atoms with Crippen molar-refractivity contribution in [3.8, 4) is 11.3 Å². The highest BCUT2D eigenvalue weighted by atomic mass is 35.5. The van der Waals surface area contributed by atoms with E-state index in [4.69, 9.17) is 32.5 Å². The second-order valence-corrected chi connectivity index (χ2v) is 10.3. The van der Waals surface area contributed by atoms with Gasteiger partial charge < -0.3 is 19.0 Å². The Hall–Kier alpha value is -2.85. The number of halogens is 3. The average Bonchev–Trinajstić information content (AvgIpc) is 3.52. The second-order valence-electron chi connectivity index (χ2n) is 9.53. The summed E-state index contributed by atoms with van der Waals surface area (Å²) in [5, 5.41) is 7.88. The molecule has 37 heavy (non-hydrogen) atoms. The number of carbonyl (C=O) groups is 1. The molecule has 3 aliphatic rings. The number of carbonyl (C=O) groups excluding carboxylic acids is 1. The minimum atomic E-state index is -0.704. The Morgan fingerprint density at radius 2 is 1.86 bits per heavy atom. The molecule has 1 atom stereocenters. The molecule has 2 saturated heterocycles. The first-order valence-electron chi connectivity index (χ1n) is 12.3.